The summed E-state index contributed by atoms with van der Waals surface area (Å²) in [6.45, 7) is 8.44. The average molecular weight is 247 g/mol. The molecule has 0 radical (unpaired) electrons. The summed E-state index contributed by atoms with van der Waals surface area (Å²) in [6.07, 6.45) is 0.182. The first-order valence-corrected chi connectivity index (χ1v) is 6.45. The molecule has 1 aromatic carbocycles. The molecule has 1 unspecified atom stereocenters. The summed E-state index contributed by atoms with van der Waals surface area (Å²) in [5.41, 5.74) is 2.04. The minimum atomic E-state index is -0.445. The highest BCUT2D eigenvalue weighted by molar-refractivity contribution is 5.19. The number of ether oxygens (including phenoxy) is 1. The maximum atomic E-state index is 10.1. The van der Waals surface area contributed by atoms with Gasteiger partial charge in [-0.25, -0.2) is 0 Å². The number of aliphatic hydroxyl groups is 1. The van der Waals surface area contributed by atoms with Crippen LogP contribution in [0.2, 0.25) is 0 Å². The fraction of sp³-hybridized carbons (Fsp3) is 0.467. The zero-order valence-electron chi connectivity index (χ0n) is 10.7. The van der Waals surface area contributed by atoms with Crippen molar-refractivity contribution in [3.8, 4) is 0 Å². The Labute approximate surface area is 109 Å². The first-order valence-electron chi connectivity index (χ1n) is 6.45. The maximum Gasteiger partial charge on any atom is 0.0827 e. The number of rotatable bonds is 5. The molecule has 0 aromatic heterocycles. The van der Waals surface area contributed by atoms with E-state index >= 15 is 0 Å². The third kappa shape index (κ3) is 3.95. The van der Waals surface area contributed by atoms with E-state index in [1.165, 1.54) is 0 Å². The van der Waals surface area contributed by atoms with Gasteiger partial charge in [0, 0.05) is 19.6 Å². The van der Waals surface area contributed by atoms with Gasteiger partial charge in [-0.15, -0.1) is 0 Å². The molecule has 1 heterocycles. The second kappa shape index (κ2) is 6.69. The van der Waals surface area contributed by atoms with Crippen LogP contribution in [-0.2, 0) is 4.74 Å². The van der Waals surface area contributed by atoms with Crippen molar-refractivity contribution < 1.29 is 9.84 Å². The third-order valence-corrected chi connectivity index (χ3v) is 3.22. The van der Waals surface area contributed by atoms with Gasteiger partial charge in [0.15, 0.2) is 0 Å². The van der Waals surface area contributed by atoms with Crippen LogP contribution in [0.5, 0.6) is 0 Å². The molecule has 3 heteroatoms. The molecule has 0 amide bonds. The lowest BCUT2D eigenvalue weighted by molar-refractivity contribution is 0.0412. The molecule has 1 aromatic rings. The van der Waals surface area contributed by atoms with E-state index in [0.29, 0.717) is 6.42 Å². The fourth-order valence-electron chi connectivity index (χ4n) is 2.21. The lowest BCUT2D eigenvalue weighted by Crippen LogP contribution is -2.37. The molecule has 3 nitrogen and oxygen atoms in total. The Morgan fingerprint density at radius 1 is 1.28 bits per heavy atom. The molecule has 0 bridgehead atoms. The molecule has 1 atom stereocenters. The van der Waals surface area contributed by atoms with Gasteiger partial charge >= 0.3 is 0 Å². The molecule has 0 aliphatic carbocycles. The molecule has 1 aliphatic rings. The Kier molecular flexibility index (Phi) is 4.93. The Balaban J connectivity index is 1.80. The Morgan fingerprint density at radius 2 is 1.94 bits per heavy atom. The summed E-state index contributed by atoms with van der Waals surface area (Å²) in [5, 5.41) is 10.1. The number of aliphatic hydroxyl groups excluding tert-OH is 1. The minimum Gasteiger partial charge on any atom is -0.388 e. The van der Waals surface area contributed by atoms with Crippen molar-refractivity contribution in [3.05, 3.63) is 48.0 Å². The summed E-state index contributed by atoms with van der Waals surface area (Å²) in [4.78, 5) is 2.32. The predicted octanol–water partition coefficient (Wildman–Crippen LogP) is 2.00. The van der Waals surface area contributed by atoms with E-state index in [1.54, 1.807) is 0 Å². The van der Waals surface area contributed by atoms with Gasteiger partial charge in [-0.2, -0.15) is 0 Å². The quantitative estimate of drug-likeness (QED) is 0.808. The Bertz CT molecular complexity index is 371. The van der Waals surface area contributed by atoms with Crippen LogP contribution in [0.3, 0.4) is 0 Å². The zero-order chi connectivity index (χ0) is 12.8. The Hall–Kier alpha value is -1.16. The van der Waals surface area contributed by atoms with Gasteiger partial charge in [-0.1, -0.05) is 42.5 Å². The van der Waals surface area contributed by atoms with E-state index in [-0.39, 0.29) is 0 Å². The summed E-state index contributed by atoms with van der Waals surface area (Å²) in [5.74, 6) is 0. The van der Waals surface area contributed by atoms with Gasteiger partial charge in [0.1, 0.15) is 0 Å². The van der Waals surface area contributed by atoms with Crippen LogP contribution in [0.1, 0.15) is 18.1 Å². The van der Waals surface area contributed by atoms with E-state index in [0.717, 1.165) is 44.0 Å². The van der Waals surface area contributed by atoms with Crippen LogP contribution >= 0.6 is 0 Å². The maximum absolute atomic E-state index is 10.1. The lowest BCUT2D eigenvalue weighted by Gasteiger charge is -2.27. The van der Waals surface area contributed by atoms with Crippen LogP contribution in [0.15, 0.2) is 42.5 Å². The number of nitrogens with zero attached hydrogens (tertiary/aromatic N) is 1. The third-order valence-electron chi connectivity index (χ3n) is 3.22. The number of hydrogen-bond acceptors (Lipinski definition) is 3. The summed E-state index contributed by atoms with van der Waals surface area (Å²) in [6, 6.07) is 9.75. The monoisotopic (exact) mass is 247 g/mol. The largest absolute Gasteiger partial charge is 0.388 e. The zero-order valence-corrected chi connectivity index (χ0v) is 10.7. The van der Waals surface area contributed by atoms with Crippen molar-refractivity contribution in [1.29, 1.82) is 0 Å². The number of benzene rings is 1. The van der Waals surface area contributed by atoms with Crippen molar-refractivity contribution in [3.63, 3.8) is 0 Å². The van der Waals surface area contributed by atoms with Crippen molar-refractivity contribution in [2.45, 2.75) is 12.5 Å². The van der Waals surface area contributed by atoms with E-state index in [1.807, 2.05) is 30.3 Å². The van der Waals surface area contributed by atoms with Gasteiger partial charge in [0.2, 0.25) is 0 Å². The molecule has 1 saturated heterocycles. The summed E-state index contributed by atoms with van der Waals surface area (Å²) in [7, 11) is 0. The van der Waals surface area contributed by atoms with Crippen LogP contribution in [-0.4, -0.2) is 42.9 Å². The first-order chi connectivity index (χ1) is 8.75. The van der Waals surface area contributed by atoms with Crippen molar-refractivity contribution >= 4 is 0 Å². The van der Waals surface area contributed by atoms with E-state index in [2.05, 4.69) is 11.5 Å². The second-order valence-corrected chi connectivity index (χ2v) is 4.77. The van der Waals surface area contributed by atoms with Gasteiger partial charge in [-0.3, -0.25) is 4.90 Å². The van der Waals surface area contributed by atoms with Gasteiger partial charge in [0.05, 0.1) is 19.3 Å². The second-order valence-electron chi connectivity index (χ2n) is 4.77. The van der Waals surface area contributed by atoms with Crippen LogP contribution < -0.4 is 0 Å². The highest BCUT2D eigenvalue weighted by Gasteiger charge is 2.14. The molecular weight excluding hydrogens is 226 g/mol. The minimum absolute atomic E-state index is 0.445. The molecule has 0 saturated carbocycles. The summed E-state index contributed by atoms with van der Waals surface area (Å²) < 4.78 is 5.31. The topological polar surface area (TPSA) is 32.7 Å². The van der Waals surface area contributed by atoms with Crippen molar-refractivity contribution in [2.75, 3.05) is 32.8 Å². The molecule has 1 aliphatic heterocycles. The highest BCUT2D eigenvalue weighted by Crippen LogP contribution is 2.20. The number of morpholine rings is 1. The van der Waals surface area contributed by atoms with Crippen LogP contribution in [0.4, 0.5) is 0 Å². The number of hydrogen-bond donors (Lipinski definition) is 1. The smallest absolute Gasteiger partial charge is 0.0827 e. The van der Waals surface area contributed by atoms with Crippen LogP contribution in [0, 0.1) is 0 Å². The molecule has 0 spiro atoms. The molecule has 1 N–H and O–H groups in total. The standard InChI is InChI=1S/C15H21NO2/c1-13(12-16-7-9-18-10-8-16)11-15(17)14-5-3-2-4-6-14/h2-6,15,17H,1,7-12H2. The van der Waals surface area contributed by atoms with Crippen molar-refractivity contribution in [2.24, 2.45) is 0 Å². The normalized spacial score (nSPS) is 18.5. The van der Waals surface area contributed by atoms with E-state index in [4.69, 9.17) is 4.74 Å². The molecule has 1 fully saturated rings. The van der Waals surface area contributed by atoms with Gasteiger partial charge in [0.25, 0.3) is 0 Å². The fourth-order valence-corrected chi connectivity index (χ4v) is 2.21. The van der Waals surface area contributed by atoms with Gasteiger partial charge < -0.3 is 9.84 Å². The Morgan fingerprint density at radius 3 is 2.61 bits per heavy atom. The molecule has 18 heavy (non-hydrogen) atoms. The lowest BCUT2D eigenvalue weighted by atomic mass is 10.0. The van der Waals surface area contributed by atoms with E-state index in [9.17, 15) is 5.11 Å². The highest BCUT2D eigenvalue weighted by atomic mass is 16.5. The van der Waals surface area contributed by atoms with Gasteiger partial charge in [-0.05, 0) is 12.0 Å². The summed E-state index contributed by atoms with van der Waals surface area (Å²) >= 11 is 0. The molecular formula is C15H21NO2. The predicted molar refractivity (Wildman–Crippen MR) is 72.4 cm³/mol. The molecule has 98 valence electrons. The molecule has 2 rings (SSSR count). The average Bonchev–Trinajstić information content (AvgIpc) is 2.40. The SMILES string of the molecule is C=C(CC(O)c1ccccc1)CN1CCOCC1. The first kappa shape index (κ1) is 13.3. The van der Waals surface area contributed by atoms with E-state index < -0.39 is 6.10 Å². The van der Waals surface area contributed by atoms with Crippen molar-refractivity contribution in [1.82, 2.24) is 4.90 Å². The van der Waals surface area contributed by atoms with Crippen LogP contribution in [0.25, 0.3) is 0 Å².